The summed E-state index contributed by atoms with van der Waals surface area (Å²) in [7, 11) is 1.57. The molecular weight excluding hydrogens is 412 g/mol. The summed E-state index contributed by atoms with van der Waals surface area (Å²) < 4.78 is 5.36. The standard InChI is InChI=1S/C23H38N4O5/c1-14(2)17(13-28)27-20(22(30)25-7-8-26-9-11-32-12-10-26)16-6-5-15(3)18(21(29)24-4)19(16)23(27)31/h5-6,14-20,28H,7-13H2,1-4H3,(H,24,29)(H,25,30)/t15-,16+,17+,18-,19+,20+/m1/s1. The summed E-state index contributed by atoms with van der Waals surface area (Å²) in [5.41, 5.74) is 0. The van der Waals surface area contributed by atoms with Gasteiger partial charge in [0.05, 0.1) is 37.7 Å². The summed E-state index contributed by atoms with van der Waals surface area (Å²) in [6, 6.07) is -1.23. The van der Waals surface area contributed by atoms with Gasteiger partial charge in [-0.1, -0.05) is 32.9 Å². The van der Waals surface area contributed by atoms with E-state index in [9.17, 15) is 19.5 Å². The molecule has 3 amide bonds. The van der Waals surface area contributed by atoms with Crippen LogP contribution in [0.25, 0.3) is 0 Å². The number of allylic oxidation sites excluding steroid dienone is 1. The van der Waals surface area contributed by atoms with Gasteiger partial charge in [-0.2, -0.15) is 0 Å². The van der Waals surface area contributed by atoms with E-state index in [2.05, 4.69) is 15.5 Å². The number of aliphatic hydroxyl groups excluding tert-OH is 1. The van der Waals surface area contributed by atoms with Gasteiger partial charge in [-0.05, 0) is 11.8 Å². The van der Waals surface area contributed by atoms with Gasteiger partial charge < -0.3 is 25.4 Å². The van der Waals surface area contributed by atoms with Gasteiger partial charge in [-0.3, -0.25) is 19.3 Å². The maximum atomic E-state index is 13.7. The average molecular weight is 451 g/mol. The number of carbonyl (C=O) groups is 3. The molecule has 2 fully saturated rings. The highest BCUT2D eigenvalue weighted by Gasteiger charge is 2.58. The number of rotatable bonds is 8. The summed E-state index contributed by atoms with van der Waals surface area (Å²) in [6.45, 7) is 9.79. The van der Waals surface area contributed by atoms with Gasteiger partial charge in [-0.15, -0.1) is 0 Å². The number of nitrogens with zero attached hydrogens (tertiary/aromatic N) is 2. The van der Waals surface area contributed by atoms with Gasteiger partial charge in [0.1, 0.15) is 6.04 Å². The number of aliphatic hydroxyl groups is 1. The molecular formula is C23H38N4O5. The molecule has 3 aliphatic rings. The molecule has 3 N–H and O–H groups in total. The maximum Gasteiger partial charge on any atom is 0.243 e. The number of fused-ring (bicyclic) bond motifs is 1. The zero-order valence-electron chi connectivity index (χ0n) is 19.6. The van der Waals surface area contributed by atoms with Crippen LogP contribution in [0.3, 0.4) is 0 Å². The molecule has 6 atom stereocenters. The Kier molecular flexibility index (Phi) is 8.30. The maximum absolute atomic E-state index is 13.7. The molecule has 9 nitrogen and oxygen atoms in total. The molecule has 0 bridgehead atoms. The van der Waals surface area contributed by atoms with Gasteiger partial charge in [0.2, 0.25) is 17.7 Å². The third-order valence-electron chi connectivity index (χ3n) is 7.17. The molecule has 32 heavy (non-hydrogen) atoms. The molecule has 2 saturated heterocycles. The third-order valence-corrected chi connectivity index (χ3v) is 7.17. The molecule has 0 spiro atoms. The van der Waals surface area contributed by atoms with E-state index in [4.69, 9.17) is 4.74 Å². The van der Waals surface area contributed by atoms with Crippen LogP contribution in [-0.4, -0.2) is 97.8 Å². The fourth-order valence-corrected chi connectivity index (χ4v) is 5.35. The fraction of sp³-hybridized carbons (Fsp3) is 0.783. The van der Waals surface area contributed by atoms with Crippen molar-refractivity contribution in [2.24, 2.45) is 29.6 Å². The van der Waals surface area contributed by atoms with Crippen molar-refractivity contribution in [1.29, 1.82) is 0 Å². The number of likely N-dealkylation sites (tertiary alicyclic amines) is 1. The van der Waals surface area contributed by atoms with E-state index in [1.54, 1.807) is 11.9 Å². The molecule has 0 aromatic rings. The number of carbonyl (C=O) groups excluding carboxylic acids is 3. The number of hydrogen-bond donors (Lipinski definition) is 3. The van der Waals surface area contributed by atoms with Gasteiger partial charge in [0.15, 0.2) is 0 Å². The van der Waals surface area contributed by atoms with Crippen LogP contribution in [0.5, 0.6) is 0 Å². The summed E-state index contributed by atoms with van der Waals surface area (Å²) in [5.74, 6) is -2.35. The number of morpholine rings is 1. The van der Waals surface area contributed by atoms with Crippen LogP contribution >= 0.6 is 0 Å². The van der Waals surface area contributed by atoms with Crippen LogP contribution in [0.1, 0.15) is 20.8 Å². The Bertz CT molecular complexity index is 721. The molecule has 9 heteroatoms. The first-order valence-corrected chi connectivity index (χ1v) is 11.7. The minimum atomic E-state index is -0.743. The van der Waals surface area contributed by atoms with E-state index < -0.39 is 29.8 Å². The minimum Gasteiger partial charge on any atom is -0.394 e. The van der Waals surface area contributed by atoms with Crippen LogP contribution < -0.4 is 10.6 Å². The van der Waals surface area contributed by atoms with Gasteiger partial charge in [0.25, 0.3) is 0 Å². The van der Waals surface area contributed by atoms with E-state index in [0.717, 1.165) is 13.1 Å². The highest BCUT2D eigenvalue weighted by molar-refractivity contribution is 5.97. The van der Waals surface area contributed by atoms with E-state index in [1.807, 2.05) is 32.9 Å². The molecule has 0 aromatic carbocycles. The third kappa shape index (κ3) is 4.84. The summed E-state index contributed by atoms with van der Waals surface area (Å²) in [5, 5.41) is 15.8. The Morgan fingerprint density at radius 1 is 1.22 bits per heavy atom. The molecule has 3 rings (SSSR count). The average Bonchev–Trinajstić information content (AvgIpc) is 3.06. The predicted octanol–water partition coefficient (Wildman–Crippen LogP) is -0.537. The fourth-order valence-electron chi connectivity index (χ4n) is 5.35. The topological polar surface area (TPSA) is 111 Å². The highest BCUT2D eigenvalue weighted by atomic mass is 16.5. The van der Waals surface area contributed by atoms with Crippen LogP contribution in [-0.2, 0) is 19.1 Å². The quantitative estimate of drug-likeness (QED) is 0.429. The zero-order chi connectivity index (χ0) is 23.4. The van der Waals surface area contributed by atoms with E-state index in [-0.39, 0.29) is 36.2 Å². The Hall–Kier alpha value is -1.97. The van der Waals surface area contributed by atoms with E-state index in [1.165, 1.54) is 0 Å². The second kappa shape index (κ2) is 10.8. The first-order chi connectivity index (χ1) is 15.3. The molecule has 2 aliphatic heterocycles. The minimum absolute atomic E-state index is 0.0346. The zero-order valence-corrected chi connectivity index (χ0v) is 19.6. The van der Waals surface area contributed by atoms with Crippen molar-refractivity contribution in [2.75, 3.05) is 53.0 Å². The second-order valence-corrected chi connectivity index (χ2v) is 9.42. The van der Waals surface area contributed by atoms with E-state index >= 15 is 0 Å². The smallest absolute Gasteiger partial charge is 0.243 e. The van der Waals surface area contributed by atoms with Crippen molar-refractivity contribution in [2.45, 2.75) is 32.9 Å². The Morgan fingerprint density at radius 3 is 2.50 bits per heavy atom. The van der Waals surface area contributed by atoms with E-state index in [0.29, 0.717) is 26.3 Å². The normalized spacial score (nSPS) is 31.5. The predicted molar refractivity (Wildman–Crippen MR) is 119 cm³/mol. The van der Waals surface area contributed by atoms with Crippen molar-refractivity contribution in [3.63, 3.8) is 0 Å². The number of amides is 3. The molecule has 0 radical (unpaired) electrons. The van der Waals surface area contributed by atoms with Crippen LogP contribution in [0.15, 0.2) is 12.2 Å². The van der Waals surface area contributed by atoms with Crippen molar-refractivity contribution < 1.29 is 24.2 Å². The lowest BCUT2D eigenvalue weighted by molar-refractivity contribution is -0.144. The van der Waals surface area contributed by atoms with Crippen molar-refractivity contribution >= 4 is 17.7 Å². The lowest BCUT2D eigenvalue weighted by Gasteiger charge is -2.35. The largest absolute Gasteiger partial charge is 0.394 e. The van der Waals surface area contributed by atoms with Crippen molar-refractivity contribution in [3.05, 3.63) is 12.2 Å². The number of nitrogens with one attached hydrogen (secondary N) is 2. The Labute approximate surface area is 190 Å². The van der Waals surface area contributed by atoms with Crippen molar-refractivity contribution in [1.82, 2.24) is 20.4 Å². The Balaban J connectivity index is 1.84. The second-order valence-electron chi connectivity index (χ2n) is 9.42. The molecule has 0 unspecified atom stereocenters. The lowest BCUT2D eigenvalue weighted by atomic mass is 9.70. The molecule has 0 saturated carbocycles. The van der Waals surface area contributed by atoms with Crippen LogP contribution in [0, 0.1) is 29.6 Å². The molecule has 1 aliphatic carbocycles. The first kappa shape index (κ1) is 24.7. The number of ether oxygens (including phenoxy) is 1. The van der Waals surface area contributed by atoms with Crippen molar-refractivity contribution in [3.8, 4) is 0 Å². The number of hydrogen-bond acceptors (Lipinski definition) is 6. The first-order valence-electron chi connectivity index (χ1n) is 11.7. The molecule has 180 valence electrons. The Morgan fingerprint density at radius 2 is 1.91 bits per heavy atom. The summed E-state index contributed by atoms with van der Waals surface area (Å²) in [6.07, 6.45) is 3.86. The lowest BCUT2D eigenvalue weighted by Crippen LogP contribution is -2.54. The van der Waals surface area contributed by atoms with Gasteiger partial charge in [-0.25, -0.2) is 0 Å². The molecule has 0 aromatic heterocycles. The van der Waals surface area contributed by atoms with Gasteiger partial charge in [0, 0.05) is 39.1 Å². The van der Waals surface area contributed by atoms with Crippen LogP contribution in [0.2, 0.25) is 0 Å². The van der Waals surface area contributed by atoms with Gasteiger partial charge >= 0.3 is 0 Å². The molecule has 2 heterocycles. The monoisotopic (exact) mass is 450 g/mol. The summed E-state index contributed by atoms with van der Waals surface area (Å²) >= 11 is 0. The SMILES string of the molecule is CNC(=O)[C@H]1[C@H]2C(=O)N([C@@H](CO)C(C)C)[C@H](C(=O)NCCN3CCOCC3)[C@H]2C=C[C@H]1C. The van der Waals surface area contributed by atoms with Crippen LogP contribution in [0.4, 0.5) is 0 Å². The summed E-state index contributed by atoms with van der Waals surface area (Å²) in [4.78, 5) is 43.5. The highest BCUT2D eigenvalue weighted by Crippen LogP contribution is 2.45.